The number of amides is 1. The summed E-state index contributed by atoms with van der Waals surface area (Å²) in [6.07, 6.45) is 3.47. The first-order valence-electron chi connectivity index (χ1n) is 8.52. The Balaban J connectivity index is 1.44. The maximum Gasteiger partial charge on any atom is 0.220 e. The Morgan fingerprint density at radius 2 is 1.74 bits per heavy atom. The van der Waals surface area contributed by atoms with Crippen LogP contribution in [0.2, 0.25) is 0 Å². The number of hydrogen-bond acceptors (Lipinski definition) is 3. The molecule has 1 amide bonds. The molecule has 3 rings (SSSR count). The van der Waals surface area contributed by atoms with Crippen molar-refractivity contribution in [3.63, 3.8) is 0 Å². The molecule has 1 aliphatic heterocycles. The molecular formula is C19H27NO3. The highest BCUT2D eigenvalue weighted by Crippen LogP contribution is 2.48. The molecular weight excluding hydrogens is 290 g/mol. The van der Waals surface area contributed by atoms with Gasteiger partial charge in [0.05, 0.1) is 12.2 Å². The number of ether oxygens (including phenoxy) is 2. The van der Waals surface area contributed by atoms with E-state index in [4.69, 9.17) is 9.47 Å². The Bertz CT molecular complexity index is 539. The lowest BCUT2D eigenvalue weighted by Crippen LogP contribution is -2.32. The monoisotopic (exact) mass is 317 g/mol. The average Bonchev–Trinajstić information content (AvgIpc) is 2.88. The van der Waals surface area contributed by atoms with E-state index in [1.807, 2.05) is 32.0 Å². The van der Waals surface area contributed by atoms with Gasteiger partial charge in [0.25, 0.3) is 0 Å². The summed E-state index contributed by atoms with van der Waals surface area (Å²) < 4.78 is 11.9. The van der Waals surface area contributed by atoms with Crippen molar-refractivity contribution in [3.05, 3.63) is 35.9 Å². The summed E-state index contributed by atoms with van der Waals surface area (Å²) in [4.78, 5) is 12.2. The highest BCUT2D eigenvalue weighted by Gasteiger charge is 2.52. The predicted octanol–water partition coefficient (Wildman–Crippen LogP) is 3.06. The minimum absolute atomic E-state index is 0.0251. The Morgan fingerprint density at radius 1 is 1.13 bits per heavy atom. The number of nitrogens with one attached hydrogen (secondary N) is 1. The fourth-order valence-electron chi connectivity index (χ4n) is 3.90. The van der Waals surface area contributed by atoms with E-state index in [-0.39, 0.29) is 23.5 Å². The van der Waals surface area contributed by atoms with Gasteiger partial charge in [0.2, 0.25) is 5.91 Å². The second-order valence-corrected chi connectivity index (χ2v) is 7.69. The standard InChI is InChI=1S/C19H27NO3/c1-18(2)22-15-11-19(3,12-16(15)23-18)13-17(21)20-10-9-14-7-5-4-6-8-14/h4-8,15-16H,9-13H2,1-3H3,(H,20,21). The van der Waals surface area contributed by atoms with E-state index in [2.05, 4.69) is 24.4 Å². The van der Waals surface area contributed by atoms with Crippen LogP contribution in [0.5, 0.6) is 0 Å². The summed E-state index contributed by atoms with van der Waals surface area (Å²) in [5, 5.41) is 3.04. The van der Waals surface area contributed by atoms with Crippen molar-refractivity contribution in [1.82, 2.24) is 5.32 Å². The third-order valence-corrected chi connectivity index (χ3v) is 4.84. The van der Waals surface area contributed by atoms with Crippen LogP contribution < -0.4 is 5.32 Å². The zero-order valence-electron chi connectivity index (χ0n) is 14.3. The molecule has 4 nitrogen and oxygen atoms in total. The zero-order valence-corrected chi connectivity index (χ0v) is 14.3. The van der Waals surface area contributed by atoms with Crippen molar-refractivity contribution >= 4 is 5.91 Å². The highest BCUT2D eigenvalue weighted by atomic mass is 16.8. The zero-order chi connectivity index (χ0) is 16.5. The van der Waals surface area contributed by atoms with Gasteiger partial charge in [-0.2, -0.15) is 0 Å². The van der Waals surface area contributed by atoms with E-state index in [0.717, 1.165) is 19.3 Å². The predicted molar refractivity (Wildman–Crippen MR) is 88.9 cm³/mol. The number of hydrogen-bond donors (Lipinski definition) is 1. The van der Waals surface area contributed by atoms with Gasteiger partial charge in [-0.1, -0.05) is 37.3 Å². The van der Waals surface area contributed by atoms with Gasteiger partial charge in [0, 0.05) is 13.0 Å². The van der Waals surface area contributed by atoms with Crippen molar-refractivity contribution < 1.29 is 14.3 Å². The van der Waals surface area contributed by atoms with Crippen LogP contribution in [0.3, 0.4) is 0 Å². The first kappa shape index (κ1) is 16.5. The van der Waals surface area contributed by atoms with E-state index in [1.54, 1.807) is 0 Å². The fourth-order valence-corrected chi connectivity index (χ4v) is 3.90. The van der Waals surface area contributed by atoms with Crippen LogP contribution in [0.4, 0.5) is 0 Å². The second-order valence-electron chi connectivity index (χ2n) is 7.69. The van der Waals surface area contributed by atoms with E-state index < -0.39 is 5.79 Å². The molecule has 1 aromatic carbocycles. The minimum atomic E-state index is -0.478. The molecule has 0 radical (unpaired) electrons. The molecule has 1 aliphatic carbocycles. The number of carbonyl (C=O) groups excluding carboxylic acids is 1. The second kappa shape index (κ2) is 6.25. The van der Waals surface area contributed by atoms with Gasteiger partial charge < -0.3 is 14.8 Å². The van der Waals surface area contributed by atoms with Crippen LogP contribution in [0.1, 0.15) is 45.6 Å². The molecule has 2 aliphatic rings. The molecule has 126 valence electrons. The summed E-state index contributed by atoms with van der Waals surface area (Å²) in [6, 6.07) is 10.2. The van der Waals surface area contributed by atoms with Gasteiger partial charge >= 0.3 is 0 Å². The lowest BCUT2D eigenvalue weighted by Gasteiger charge is -2.27. The average molecular weight is 317 g/mol. The molecule has 2 atom stereocenters. The van der Waals surface area contributed by atoms with Crippen LogP contribution in [0.25, 0.3) is 0 Å². The Kier molecular flexibility index (Phi) is 4.47. The first-order valence-corrected chi connectivity index (χ1v) is 8.52. The summed E-state index contributed by atoms with van der Waals surface area (Å²) in [5.74, 6) is -0.350. The van der Waals surface area contributed by atoms with Gasteiger partial charge in [-0.25, -0.2) is 0 Å². The summed E-state index contributed by atoms with van der Waals surface area (Å²) in [7, 11) is 0. The van der Waals surface area contributed by atoms with Crippen molar-refractivity contribution in [3.8, 4) is 0 Å². The van der Waals surface area contributed by atoms with Crippen LogP contribution in [-0.2, 0) is 20.7 Å². The molecule has 2 fully saturated rings. The molecule has 1 saturated carbocycles. The number of carbonyl (C=O) groups is 1. The van der Waals surface area contributed by atoms with E-state index in [9.17, 15) is 4.79 Å². The molecule has 0 aromatic heterocycles. The van der Waals surface area contributed by atoms with Gasteiger partial charge in [-0.15, -0.1) is 0 Å². The Labute approximate surface area is 138 Å². The molecule has 23 heavy (non-hydrogen) atoms. The van der Waals surface area contributed by atoms with E-state index >= 15 is 0 Å². The normalized spacial score (nSPS) is 31.8. The Hall–Kier alpha value is -1.39. The molecule has 4 heteroatoms. The highest BCUT2D eigenvalue weighted by molar-refractivity contribution is 5.76. The number of rotatable bonds is 5. The third kappa shape index (κ3) is 4.12. The summed E-state index contributed by atoms with van der Waals surface area (Å²) in [6.45, 7) is 6.77. The summed E-state index contributed by atoms with van der Waals surface area (Å²) >= 11 is 0. The van der Waals surface area contributed by atoms with Crippen LogP contribution in [0, 0.1) is 5.41 Å². The van der Waals surface area contributed by atoms with E-state index in [1.165, 1.54) is 5.56 Å². The SMILES string of the molecule is CC1(CC(=O)NCCc2ccccc2)CC2OC(C)(C)OC2C1. The topological polar surface area (TPSA) is 47.6 Å². The van der Waals surface area contributed by atoms with Crippen LogP contribution >= 0.6 is 0 Å². The van der Waals surface area contributed by atoms with Gasteiger partial charge in [-0.05, 0) is 44.1 Å². The maximum atomic E-state index is 12.2. The van der Waals surface area contributed by atoms with E-state index in [0.29, 0.717) is 13.0 Å². The maximum absolute atomic E-state index is 12.2. The van der Waals surface area contributed by atoms with Crippen LogP contribution in [0.15, 0.2) is 30.3 Å². The third-order valence-electron chi connectivity index (χ3n) is 4.84. The van der Waals surface area contributed by atoms with Crippen LogP contribution in [-0.4, -0.2) is 30.4 Å². The van der Waals surface area contributed by atoms with Crippen molar-refractivity contribution in [2.24, 2.45) is 5.41 Å². The van der Waals surface area contributed by atoms with Crippen molar-refractivity contribution in [2.45, 2.75) is 64.4 Å². The lowest BCUT2D eigenvalue weighted by atomic mass is 9.84. The number of benzene rings is 1. The lowest BCUT2D eigenvalue weighted by molar-refractivity contribution is -0.158. The molecule has 0 spiro atoms. The Morgan fingerprint density at radius 3 is 2.35 bits per heavy atom. The molecule has 2 unspecified atom stereocenters. The van der Waals surface area contributed by atoms with Gasteiger partial charge in [0.1, 0.15) is 0 Å². The molecule has 0 bridgehead atoms. The quantitative estimate of drug-likeness (QED) is 0.908. The van der Waals surface area contributed by atoms with Gasteiger partial charge in [0.15, 0.2) is 5.79 Å². The number of fused-ring (bicyclic) bond motifs is 1. The minimum Gasteiger partial charge on any atom is -0.356 e. The molecule has 1 heterocycles. The molecule has 1 saturated heterocycles. The summed E-state index contributed by atoms with van der Waals surface area (Å²) in [5.41, 5.74) is 1.22. The first-order chi connectivity index (χ1) is 10.9. The van der Waals surface area contributed by atoms with Crippen molar-refractivity contribution in [2.75, 3.05) is 6.54 Å². The largest absolute Gasteiger partial charge is 0.356 e. The molecule has 1 N–H and O–H groups in total. The van der Waals surface area contributed by atoms with Gasteiger partial charge in [-0.3, -0.25) is 4.79 Å². The fraction of sp³-hybridized carbons (Fsp3) is 0.632. The van der Waals surface area contributed by atoms with Crippen molar-refractivity contribution in [1.29, 1.82) is 0 Å². The molecule has 1 aromatic rings. The smallest absolute Gasteiger partial charge is 0.220 e.